The number of carbonyl (C=O) groups is 1. The Morgan fingerprint density at radius 2 is 1.64 bits per heavy atom. The summed E-state index contributed by atoms with van der Waals surface area (Å²) in [4.78, 5) is 17.7. The van der Waals surface area contributed by atoms with Gasteiger partial charge in [0.1, 0.15) is 16.4 Å². The molecule has 0 bridgehead atoms. The summed E-state index contributed by atoms with van der Waals surface area (Å²) in [6.07, 6.45) is 1.35. The van der Waals surface area contributed by atoms with E-state index in [4.69, 9.17) is 9.47 Å². The highest BCUT2D eigenvalue weighted by atomic mass is 32.2. The molecule has 36 heavy (non-hydrogen) atoms. The van der Waals surface area contributed by atoms with Gasteiger partial charge in [-0.2, -0.15) is 4.31 Å². The van der Waals surface area contributed by atoms with Crippen molar-refractivity contribution in [2.24, 2.45) is 5.92 Å². The second-order valence-electron chi connectivity index (χ2n) is 9.75. The lowest BCUT2D eigenvalue weighted by atomic mass is 9.97. The average molecular weight is 516 g/mol. The maximum Gasteiger partial charge on any atom is 0.246 e. The SMILES string of the molecule is COc1ccccc1N1CCN(C(=O)[C@H]2CCCN(S(=O)(=O)c3cc(C(C)C)ccc3OC)C2)CC1. The van der Waals surface area contributed by atoms with E-state index in [9.17, 15) is 13.2 Å². The molecule has 2 aromatic rings. The Balaban J connectivity index is 1.45. The molecule has 2 aliphatic heterocycles. The highest BCUT2D eigenvalue weighted by Gasteiger charge is 2.37. The van der Waals surface area contributed by atoms with E-state index in [2.05, 4.69) is 4.90 Å². The summed E-state index contributed by atoms with van der Waals surface area (Å²) in [5, 5.41) is 0. The van der Waals surface area contributed by atoms with Gasteiger partial charge >= 0.3 is 0 Å². The number of carbonyl (C=O) groups excluding carboxylic acids is 1. The number of hydrogen-bond donors (Lipinski definition) is 0. The third-order valence-electron chi connectivity index (χ3n) is 7.22. The van der Waals surface area contributed by atoms with Crippen LogP contribution in [-0.2, 0) is 14.8 Å². The number of amides is 1. The van der Waals surface area contributed by atoms with Crippen molar-refractivity contribution in [2.45, 2.75) is 37.5 Å². The number of piperidine rings is 1. The van der Waals surface area contributed by atoms with Crippen molar-refractivity contribution in [1.29, 1.82) is 0 Å². The summed E-state index contributed by atoms with van der Waals surface area (Å²) >= 11 is 0. The summed E-state index contributed by atoms with van der Waals surface area (Å²) in [5.41, 5.74) is 1.96. The van der Waals surface area contributed by atoms with Crippen molar-refractivity contribution in [1.82, 2.24) is 9.21 Å². The van der Waals surface area contributed by atoms with Crippen LogP contribution in [0.4, 0.5) is 5.69 Å². The number of nitrogens with zero attached hydrogens (tertiary/aromatic N) is 3. The molecule has 2 aromatic carbocycles. The largest absolute Gasteiger partial charge is 0.495 e. The van der Waals surface area contributed by atoms with Gasteiger partial charge in [0.15, 0.2) is 0 Å². The smallest absolute Gasteiger partial charge is 0.246 e. The fourth-order valence-electron chi connectivity index (χ4n) is 5.07. The number of rotatable bonds is 7. The highest BCUT2D eigenvalue weighted by molar-refractivity contribution is 7.89. The molecule has 2 fully saturated rings. The van der Waals surface area contributed by atoms with E-state index in [-0.39, 0.29) is 29.2 Å². The Hall–Kier alpha value is -2.78. The monoisotopic (exact) mass is 515 g/mol. The molecule has 1 amide bonds. The Labute approximate surface area is 214 Å². The molecule has 2 saturated heterocycles. The second-order valence-corrected chi connectivity index (χ2v) is 11.7. The van der Waals surface area contributed by atoms with E-state index in [1.54, 1.807) is 19.2 Å². The first-order valence-electron chi connectivity index (χ1n) is 12.6. The third kappa shape index (κ3) is 5.32. The molecule has 0 radical (unpaired) electrons. The van der Waals surface area contributed by atoms with Crippen LogP contribution in [0.15, 0.2) is 47.4 Å². The minimum absolute atomic E-state index is 0.0393. The molecule has 0 spiro atoms. The first-order valence-corrected chi connectivity index (χ1v) is 14.0. The minimum atomic E-state index is -3.80. The number of hydrogen-bond acceptors (Lipinski definition) is 6. The molecular weight excluding hydrogens is 478 g/mol. The minimum Gasteiger partial charge on any atom is -0.495 e. The molecule has 1 atom stereocenters. The van der Waals surface area contributed by atoms with Gasteiger partial charge in [0.05, 0.1) is 25.8 Å². The molecule has 4 rings (SSSR count). The number of para-hydroxylation sites is 2. The summed E-state index contributed by atoms with van der Waals surface area (Å²) in [5.74, 6) is 1.04. The van der Waals surface area contributed by atoms with Crippen LogP contribution in [0, 0.1) is 5.92 Å². The lowest BCUT2D eigenvalue weighted by molar-refractivity contribution is -0.137. The molecular formula is C27H37N3O5S. The van der Waals surface area contributed by atoms with Crippen molar-refractivity contribution >= 4 is 21.6 Å². The predicted octanol–water partition coefficient (Wildman–Crippen LogP) is 3.58. The second kappa shape index (κ2) is 11.1. The number of methoxy groups -OCH3 is 2. The number of anilines is 1. The Morgan fingerprint density at radius 1 is 0.944 bits per heavy atom. The lowest BCUT2D eigenvalue weighted by Crippen LogP contribution is -2.53. The molecule has 2 heterocycles. The normalized spacial score (nSPS) is 19.4. The molecule has 8 nitrogen and oxygen atoms in total. The lowest BCUT2D eigenvalue weighted by Gasteiger charge is -2.39. The summed E-state index contributed by atoms with van der Waals surface area (Å²) < 4.78 is 39.6. The summed E-state index contributed by atoms with van der Waals surface area (Å²) in [7, 11) is -0.649. The van der Waals surface area contributed by atoms with Crippen molar-refractivity contribution in [3.05, 3.63) is 48.0 Å². The van der Waals surface area contributed by atoms with Crippen LogP contribution < -0.4 is 14.4 Å². The van der Waals surface area contributed by atoms with Crippen LogP contribution in [0.5, 0.6) is 11.5 Å². The van der Waals surface area contributed by atoms with Crippen LogP contribution in [0.2, 0.25) is 0 Å². The number of piperazine rings is 1. The molecule has 0 aliphatic carbocycles. The van der Waals surface area contributed by atoms with Crippen LogP contribution in [-0.4, -0.2) is 77.0 Å². The topological polar surface area (TPSA) is 79.4 Å². The number of benzene rings is 2. The maximum atomic E-state index is 13.6. The number of ether oxygens (including phenoxy) is 2. The number of sulfonamides is 1. The predicted molar refractivity (Wildman–Crippen MR) is 140 cm³/mol. The highest BCUT2D eigenvalue weighted by Crippen LogP contribution is 2.33. The van der Waals surface area contributed by atoms with Gasteiger partial charge in [-0.05, 0) is 48.6 Å². The quantitative estimate of drug-likeness (QED) is 0.561. The van der Waals surface area contributed by atoms with E-state index in [1.807, 2.05) is 49.1 Å². The fraction of sp³-hybridized carbons (Fsp3) is 0.519. The standard InChI is InChI=1S/C27H37N3O5S/c1-20(2)21-11-12-25(35-4)26(18-21)36(32,33)30-13-7-8-22(19-30)27(31)29-16-14-28(15-17-29)23-9-5-6-10-24(23)34-3/h5-6,9-12,18,20,22H,7-8,13-17,19H2,1-4H3/t22-/m0/s1. The molecule has 0 unspecified atom stereocenters. The van der Waals surface area contributed by atoms with Gasteiger partial charge in [-0.15, -0.1) is 0 Å². The van der Waals surface area contributed by atoms with E-state index < -0.39 is 10.0 Å². The van der Waals surface area contributed by atoms with Crippen LogP contribution in [0.3, 0.4) is 0 Å². The van der Waals surface area contributed by atoms with Crippen LogP contribution in [0.25, 0.3) is 0 Å². The van der Waals surface area contributed by atoms with Crippen LogP contribution in [0.1, 0.15) is 38.2 Å². The zero-order chi connectivity index (χ0) is 25.9. The fourth-order valence-corrected chi connectivity index (χ4v) is 6.79. The molecule has 196 valence electrons. The Bertz CT molecular complexity index is 1180. The van der Waals surface area contributed by atoms with Gasteiger partial charge in [0, 0.05) is 39.3 Å². The summed E-state index contributed by atoms with van der Waals surface area (Å²) in [6.45, 7) is 7.28. The van der Waals surface area contributed by atoms with Gasteiger partial charge in [-0.25, -0.2) is 8.42 Å². The zero-order valence-electron chi connectivity index (χ0n) is 21.6. The van der Waals surface area contributed by atoms with E-state index >= 15 is 0 Å². The van der Waals surface area contributed by atoms with Gasteiger partial charge in [-0.1, -0.05) is 32.0 Å². The Kier molecular flexibility index (Phi) is 8.10. The van der Waals surface area contributed by atoms with E-state index in [0.29, 0.717) is 51.3 Å². The molecule has 0 saturated carbocycles. The molecule has 9 heteroatoms. The van der Waals surface area contributed by atoms with E-state index in [0.717, 1.165) is 17.0 Å². The van der Waals surface area contributed by atoms with Gasteiger partial charge in [0.25, 0.3) is 0 Å². The third-order valence-corrected chi connectivity index (χ3v) is 9.11. The molecule has 0 aromatic heterocycles. The van der Waals surface area contributed by atoms with Crippen molar-refractivity contribution in [3.63, 3.8) is 0 Å². The average Bonchev–Trinajstić information content (AvgIpc) is 2.92. The van der Waals surface area contributed by atoms with Crippen molar-refractivity contribution < 1.29 is 22.7 Å². The van der Waals surface area contributed by atoms with Crippen molar-refractivity contribution in [3.8, 4) is 11.5 Å². The summed E-state index contributed by atoms with van der Waals surface area (Å²) in [6, 6.07) is 13.2. The van der Waals surface area contributed by atoms with Crippen LogP contribution >= 0.6 is 0 Å². The van der Waals surface area contributed by atoms with Gasteiger partial charge in [-0.3, -0.25) is 4.79 Å². The Morgan fingerprint density at radius 3 is 2.31 bits per heavy atom. The van der Waals surface area contributed by atoms with E-state index in [1.165, 1.54) is 11.4 Å². The maximum absolute atomic E-state index is 13.6. The first-order chi connectivity index (χ1) is 17.3. The van der Waals surface area contributed by atoms with Gasteiger partial charge < -0.3 is 19.3 Å². The van der Waals surface area contributed by atoms with Gasteiger partial charge in [0.2, 0.25) is 15.9 Å². The molecule has 2 aliphatic rings. The zero-order valence-corrected chi connectivity index (χ0v) is 22.5. The first kappa shape index (κ1) is 26.3. The van der Waals surface area contributed by atoms with Crippen molar-refractivity contribution in [2.75, 3.05) is 58.4 Å². The molecule has 0 N–H and O–H groups in total.